The number of aromatic nitrogens is 1. The molecule has 4 heteroatoms. The van der Waals surface area contributed by atoms with E-state index in [1.54, 1.807) is 0 Å². The van der Waals surface area contributed by atoms with Crippen molar-refractivity contribution in [3.8, 4) is 11.5 Å². The summed E-state index contributed by atoms with van der Waals surface area (Å²) in [7, 11) is 0. The molecule has 0 radical (unpaired) electrons. The fourth-order valence-corrected chi connectivity index (χ4v) is 8.43. The monoisotopic (exact) mass is 729 g/mol. The van der Waals surface area contributed by atoms with E-state index >= 15 is 0 Å². The zero-order chi connectivity index (χ0) is 37.7. The minimum absolute atomic E-state index is 0.572. The molecule has 0 bridgehead atoms. The van der Waals surface area contributed by atoms with E-state index < -0.39 is 0 Å². The van der Waals surface area contributed by atoms with Crippen LogP contribution in [0.5, 0.6) is 0 Å². The molecule has 0 N–H and O–H groups in total. The maximum absolute atomic E-state index is 6.91. The molecule has 0 saturated heterocycles. The predicted octanol–water partition coefficient (Wildman–Crippen LogP) is 15.0. The van der Waals surface area contributed by atoms with Crippen LogP contribution in [0.15, 0.2) is 217 Å². The molecule has 1 heterocycles. The van der Waals surface area contributed by atoms with E-state index in [4.69, 9.17) is 9.40 Å². The third kappa shape index (κ3) is 5.58. The van der Waals surface area contributed by atoms with Crippen molar-refractivity contribution in [2.75, 3.05) is 9.80 Å². The Morgan fingerprint density at radius 3 is 1.33 bits per heavy atom. The average molecular weight is 730 g/mol. The molecule has 0 fully saturated rings. The van der Waals surface area contributed by atoms with Crippen LogP contribution in [0.3, 0.4) is 0 Å². The summed E-state index contributed by atoms with van der Waals surface area (Å²) in [6, 6.07) is 75.2. The molecular formula is C53H35N3O. The summed E-state index contributed by atoms with van der Waals surface area (Å²) in [5, 5.41) is 9.47. The molecule has 0 aliphatic carbocycles. The summed E-state index contributed by atoms with van der Waals surface area (Å²) in [5.41, 5.74) is 8.41. The summed E-state index contributed by atoms with van der Waals surface area (Å²) in [6.07, 6.45) is 0. The fourth-order valence-electron chi connectivity index (χ4n) is 8.43. The van der Waals surface area contributed by atoms with Gasteiger partial charge in [-0.25, -0.2) is 4.98 Å². The Labute approximate surface area is 330 Å². The van der Waals surface area contributed by atoms with Crippen LogP contribution in [-0.2, 0) is 0 Å². The first-order valence-electron chi connectivity index (χ1n) is 19.3. The highest BCUT2D eigenvalue weighted by atomic mass is 16.3. The number of rotatable bonds is 7. The molecule has 10 aromatic carbocycles. The first-order chi connectivity index (χ1) is 28.3. The van der Waals surface area contributed by atoms with Crippen molar-refractivity contribution in [3.05, 3.63) is 212 Å². The van der Waals surface area contributed by atoms with Gasteiger partial charge in [0.25, 0.3) is 0 Å². The Morgan fingerprint density at radius 2 is 0.772 bits per heavy atom. The van der Waals surface area contributed by atoms with E-state index in [9.17, 15) is 0 Å². The fraction of sp³-hybridized carbons (Fsp3) is 0. The lowest BCUT2D eigenvalue weighted by Crippen LogP contribution is -2.14. The molecule has 0 aliphatic rings. The van der Waals surface area contributed by atoms with Gasteiger partial charge >= 0.3 is 0 Å². The number of benzene rings is 10. The van der Waals surface area contributed by atoms with Crippen molar-refractivity contribution in [1.82, 2.24) is 4.98 Å². The number of hydrogen-bond acceptors (Lipinski definition) is 4. The van der Waals surface area contributed by atoms with Gasteiger partial charge in [0.15, 0.2) is 5.58 Å². The minimum Gasteiger partial charge on any atom is -0.434 e. The Morgan fingerprint density at radius 1 is 0.333 bits per heavy atom. The van der Waals surface area contributed by atoms with E-state index in [0.717, 1.165) is 61.4 Å². The lowest BCUT2D eigenvalue weighted by atomic mass is 9.98. The number of fused-ring (bicyclic) bond motifs is 7. The predicted molar refractivity (Wildman–Crippen MR) is 239 cm³/mol. The van der Waals surface area contributed by atoms with Crippen molar-refractivity contribution >= 4 is 88.3 Å². The van der Waals surface area contributed by atoms with Crippen LogP contribution in [0.2, 0.25) is 0 Å². The summed E-state index contributed by atoms with van der Waals surface area (Å²) < 4.78 is 6.91. The molecule has 0 saturated carbocycles. The summed E-state index contributed by atoms with van der Waals surface area (Å²) in [4.78, 5) is 9.97. The first-order valence-corrected chi connectivity index (χ1v) is 19.3. The molecular weight excluding hydrogens is 695 g/mol. The Hall–Kier alpha value is -7.69. The Balaban J connectivity index is 1.26. The quantitative estimate of drug-likeness (QED) is 0.153. The standard InChI is InChI=1S/C53H35N3O/c1-4-18-36(19-5-1)53-54-48-34-41(55(39-22-6-2-7-23-39)49-32-37-20-10-12-26-42(37)44-28-14-16-30-46(44)49)35-51(52(48)57-53)56(40-24-8-3-9-25-40)50-33-38-21-11-13-27-43(38)45-29-15-17-31-47(45)50/h1-35H. The second kappa shape index (κ2) is 13.6. The van der Waals surface area contributed by atoms with Gasteiger partial charge in [0.1, 0.15) is 5.52 Å². The molecule has 1 aromatic heterocycles. The molecule has 0 unspecified atom stereocenters. The van der Waals surface area contributed by atoms with Crippen molar-refractivity contribution in [1.29, 1.82) is 0 Å². The number of para-hydroxylation sites is 2. The topological polar surface area (TPSA) is 32.5 Å². The maximum atomic E-state index is 6.91. The maximum Gasteiger partial charge on any atom is 0.227 e. The summed E-state index contributed by atoms with van der Waals surface area (Å²) in [6.45, 7) is 0. The number of oxazole rings is 1. The lowest BCUT2D eigenvalue weighted by Gasteiger charge is -2.31. The highest BCUT2D eigenvalue weighted by Crippen LogP contribution is 2.49. The zero-order valence-electron chi connectivity index (χ0n) is 31.0. The van der Waals surface area contributed by atoms with Gasteiger partial charge in [-0.15, -0.1) is 0 Å². The van der Waals surface area contributed by atoms with Crippen LogP contribution in [0.25, 0.3) is 65.6 Å². The van der Waals surface area contributed by atoms with E-state index in [-0.39, 0.29) is 0 Å². The third-order valence-electron chi connectivity index (χ3n) is 11.0. The van der Waals surface area contributed by atoms with Crippen LogP contribution in [-0.4, -0.2) is 4.98 Å². The average Bonchev–Trinajstić information content (AvgIpc) is 3.72. The van der Waals surface area contributed by atoms with E-state index in [1.165, 1.54) is 26.9 Å². The first kappa shape index (κ1) is 32.7. The molecule has 268 valence electrons. The van der Waals surface area contributed by atoms with Gasteiger partial charge in [-0.3, -0.25) is 0 Å². The Kier molecular flexibility index (Phi) is 7.78. The lowest BCUT2D eigenvalue weighted by molar-refractivity contribution is 0.620. The van der Waals surface area contributed by atoms with Crippen molar-refractivity contribution in [3.63, 3.8) is 0 Å². The van der Waals surface area contributed by atoms with E-state index in [0.29, 0.717) is 11.5 Å². The van der Waals surface area contributed by atoms with Gasteiger partial charge in [0.2, 0.25) is 5.89 Å². The SMILES string of the molecule is c1ccc(-c2nc3cc(N(c4ccccc4)c4cc5ccccc5c5ccccc45)cc(N(c4ccccc4)c4cc5ccccc5c5ccccc45)c3o2)cc1. The Bertz CT molecular complexity index is 3250. The van der Waals surface area contributed by atoms with E-state index in [1.807, 2.05) is 18.2 Å². The van der Waals surface area contributed by atoms with Crippen molar-refractivity contribution < 1.29 is 4.42 Å². The summed E-state index contributed by atoms with van der Waals surface area (Å²) >= 11 is 0. The molecule has 0 amide bonds. The van der Waals surface area contributed by atoms with E-state index in [2.05, 4.69) is 204 Å². The van der Waals surface area contributed by atoms with Crippen LogP contribution in [0.1, 0.15) is 0 Å². The molecule has 0 aliphatic heterocycles. The smallest absolute Gasteiger partial charge is 0.227 e. The molecule has 4 nitrogen and oxygen atoms in total. The van der Waals surface area contributed by atoms with Crippen LogP contribution >= 0.6 is 0 Å². The summed E-state index contributed by atoms with van der Waals surface area (Å²) in [5.74, 6) is 0.572. The van der Waals surface area contributed by atoms with Gasteiger partial charge < -0.3 is 14.2 Å². The normalized spacial score (nSPS) is 11.5. The van der Waals surface area contributed by atoms with Crippen molar-refractivity contribution in [2.24, 2.45) is 0 Å². The number of nitrogens with zero attached hydrogens (tertiary/aromatic N) is 3. The molecule has 11 rings (SSSR count). The molecule has 0 atom stereocenters. The highest BCUT2D eigenvalue weighted by Gasteiger charge is 2.26. The number of hydrogen-bond donors (Lipinski definition) is 0. The van der Waals surface area contributed by atoms with Crippen LogP contribution < -0.4 is 9.80 Å². The molecule has 57 heavy (non-hydrogen) atoms. The largest absolute Gasteiger partial charge is 0.434 e. The van der Waals surface area contributed by atoms with Gasteiger partial charge in [-0.1, -0.05) is 152 Å². The third-order valence-corrected chi connectivity index (χ3v) is 11.0. The highest BCUT2D eigenvalue weighted by molar-refractivity contribution is 6.17. The molecule has 0 spiro atoms. The van der Waals surface area contributed by atoms with Crippen LogP contribution in [0, 0.1) is 0 Å². The van der Waals surface area contributed by atoms with Gasteiger partial charge in [-0.2, -0.15) is 0 Å². The van der Waals surface area contributed by atoms with Gasteiger partial charge in [0, 0.05) is 27.7 Å². The van der Waals surface area contributed by atoms with Gasteiger partial charge in [-0.05, 0) is 93.0 Å². The van der Waals surface area contributed by atoms with Gasteiger partial charge in [0.05, 0.1) is 22.7 Å². The van der Waals surface area contributed by atoms with Crippen molar-refractivity contribution in [2.45, 2.75) is 0 Å². The molecule has 11 aromatic rings. The minimum atomic E-state index is 0.572. The number of anilines is 6. The second-order valence-corrected chi connectivity index (χ2v) is 14.4. The van der Waals surface area contributed by atoms with Crippen LogP contribution in [0.4, 0.5) is 34.1 Å². The zero-order valence-corrected chi connectivity index (χ0v) is 31.0. The second-order valence-electron chi connectivity index (χ2n) is 14.4.